The van der Waals surface area contributed by atoms with Crippen LogP contribution in [0.5, 0.6) is 5.75 Å². The molecule has 0 amide bonds. The molecule has 3 nitrogen and oxygen atoms in total. The lowest BCUT2D eigenvalue weighted by Gasteiger charge is -2.55. The number of ether oxygens (including phenoxy) is 1. The summed E-state index contributed by atoms with van der Waals surface area (Å²) in [4.78, 5) is 0. The van der Waals surface area contributed by atoms with E-state index in [9.17, 15) is 0 Å². The third-order valence-corrected chi connectivity index (χ3v) is 9.80. The van der Waals surface area contributed by atoms with Gasteiger partial charge < -0.3 is 13.6 Å². The standard InChI is InChI=1S/C25H42O3Si2/c1-25-16-22(27-29(3,4)5)24-19-12-10-18(26-2)15-17(19)9-11-20(24)21(25)13-14-23(25)28-30(6,7)8/h10,12,15,20-24H,9,11,13-14,16H2,1-8H3/t20-,21-,22-,23-,24+,25-/m0/s1. The predicted octanol–water partition coefficient (Wildman–Crippen LogP) is 6.60. The Balaban J connectivity index is 1.73. The van der Waals surface area contributed by atoms with Crippen molar-refractivity contribution in [2.45, 2.75) is 96.4 Å². The van der Waals surface area contributed by atoms with Gasteiger partial charge in [-0.2, -0.15) is 0 Å². The zero-order chi connectivity index (χ0) is 21.9. The van der Waals surface area contributed by atoms with E-state index in [1.54, 1.807) is 7.11 Å². The molecule has 2 saturated carbocycles. The summed E-state index contributed by atoms with van der Waals surface area (Å²) < 4.78 is 19.3. The largest absolute Gasteiger partial charge is 0.497 e. The van der Waals surface area contributed by atoms with Gasteiger partial charge in [-0.25, -0.2) is 0 Å². The first-order valence-corrected chi connectivity index (χ1v) is 18.8. The minimum absolute atomic E-state index is 0.246. The molecule has 0 N–H and O–H groups in total. The Kier molecular flexibility index (Phi) is 5.83. The third-order valence-electron chi connectivity index (χ3n) is 7.80. The van der Waals surface area contributed by atoms with Gasteiger partial charge >= 0.3 is 0 Å². The number of fused-ring (bicyclic) bond motifs is 5. The Hall–Kier alpha value is -0.626. The second-order valence-corrected chi connectivity index (χ2v) is 21.1. The second kappa shape index (κ2) is 7.75. The van der Waals surface area contributed by atoms with Gasteiger partial charge in [0.2, 0.25) is 0 Å². The van der Waals surface area contributed by atoms with Gasteiger partial charge in [0.05, 0.1) is 19.3 Å². The highest BCUT2D eigenvalue weighted by Crippen LogP contribution is 2.62. The van der Waals surface area contributed by atoms with Crippen molar-refractivity contribution in [1.82, 2.24) is 0 Å². The fraction of sp³-hybridized carbons (Fsp3) is 0.760. The van der Waals surface area contributed by atoms with Gasteiger partial charge in [0, 0.05) is 5.92 Å². The Morgan fingerprint density at radius 1 is 0.933 bits per heavy atom. The van der Waals surface area contributed by atoms with Crippen molar-refractivity contribution in [2.75, 3.05) is 7.11 Å². The highest BCUT2D eigenvalue weighted by Gasteiger charge is 2.59. The lowest BCUT2D eigenvalue weighted by atomic mass is 9.54. The Labute approximate surface area is 186 Å². The van der Waals surface area contributed by atoms with Crippen LogP contribution in [0.4, 0.5) is 0 Å². The number of rotatable bonds is 5. The average Bonchev–Trinajstić information content (AvgIpc) is 2.94. The molecule has 0 unspecified atom stereocenters. The summed E-state index contributed by atoms with van der Waals surface area (Å²) in [6.07, 6.45) is 6.84. The van der Waals surface area contributed by atoms with Crippen molar-refractivity contribution in [1.29, 1.82) is 0 Å². The van der Waals surface area contributed by atoms with Crippen molar-refractivity contribution in [3.63, 3.8) is 0 Å². The summed E-state index contributed by atoms with van der Waals surface area (Å²) in [6, 6.07) is 6.78. The van der Waals surface area contributed by atoms with E-state index in [0.29, 0.717) is 24.0 Å². The molecule has 4 rings (SSSR count). The van der Waals surface area contributed by atoms with Gasteiger partial charge in [0.25, 0.3) is 0 Å². The molecule has 6 atom stereocenters. The number of aryl methyl sites for hydroxylation is 1. The van der Waals surface area contributed by atoms with Gasteiger partial charge in [-0.3, -0.25) is 0 Å². The fourth-order valence-corrected chi connectivity index (χ4v) is 9.25. The van der Waals surface area contributed by atoms with E-state index < -0.39 is 16.6 Å². The number of hydrogen-bond acceptors (Lipinski definition) is 3. The minimum atomic E-state index is -1.66. The molecular formula is C25H42O3Si2. The molecule has 5 heteroatoms. The van der Waals surface area contributed by atoms with E-state index in [2.05, 4.69) is 64.4 Å². The molecule has 1 aromatic carbocycles. The number of methoxy groups -OCH3 is 1. The van der Waals surface area contributed by atoms with Crippen LogP contribution in [0, 0.1) is 17.3 Å². The van der Waals surface area contributed by atoms with Gasteiger partial charge in [-0.1, -0.05) is 13.0 Å². The number of benzene rings is 1. The van der Waals surface area contributed by atoms with Crippen LogP contribution in [0.3, 0.4) is 0 Å². The maximum atomic E-state index is 6.98. The van der Waals surface area contributed by atoms with Gasteiger partial charge in [0.15, 0.2) is 16.6 Å². The van der Waals surface area contributed by atoms with Crippen LogP contribution >= 0.6 is 0 Å². The van der Waals surface area contributed by atoms with E-state index >= 15 is 0 Å². The zero-order valence-electron chi connectivity index (χ0n) is 20.4. The van der Waals surface area contributed by atoms with E-state index in [0.717, 1.165) is 18.1 Å². The van der Waals surface area contributed by atoms with Gasteiger partial charge in [-0.15, -0.1) is 0 Å². The SMILES string of the molecule is COc1ccc2c(c1)CC[C@@H]1[C@@H]2[C@@H](O[Si](C)(C)C)C[C@]2(C)[C@@H](O[Si](C)(C)C)CC[C@@H]12. The molecule has 0 aliphatic heterocycles. The fourth-order valence-electron chi connectivity index (χ4n) is 6.88. The molecule has 0 bridgehead atoms. The zero-order valence-corrected chi connectivity index (χ0v) is 22.4. The molecule has 0 spiro atoms. The van der Waals surface area contributed by atoms with E-state index in [1.807, 2.05) is 0 Å². The molecule has 0 radical (unpaired) electrons. The van der Waals surface area contributed by atoms with Crippen LogP contribution in [0.1, 0.15) is 49.7 Å². The summed E-state index contributed by atoms with van der Waals surface area (Å²) in [5.41, 5.74) is 3.26. The lowest BCUT2D eigenvalue weighted by Crippen LogP contribution is -2.54. The minimum Gasteiger partial charge on any atom is -0.497 e. The van der Waals surface area contributed by atoms with Crippen molar-refractivity contribution in [3.8, 4) is 5.75 Å². The Morgan fingerprint density at radius 3 is 2.27 bits per heavy atom. The van der Waals surface area contributed by atoms with Crippen molar-refractivity contribution >= 4 is 16.6 Å². The summed E-state index contributed by atoms with van der Waals surface area (Å²) in [6.45, 7) is 16.6. The first-order valence-electron chi connectivity index (χ1n) is 11.9. The summed E-state index contributed by atoms with van der Waals surface area (Å²) in [5.74, 6) is 2.97. The highest BCUT2D eigenvalue weighted by molar-refractivity contribution is 6.70. The Morgan fingerprint density at radius 2 is 1.63 bits per heavy atom. The normalized spacial score (nSPS) is 36.1. The first-order chi connectivity index (χ1) is 13.9. The van der Waals surface area contributed by atoms with Gasteiger partial charge in [0.1, 0.15) is 5.75 Å². The quantitative estimate of drug-likeness (QED) is 0.477. The van der Waals surface area contributed by atoms with Crippen LogP contribution in [0.2, 0.25) is 39.3 Å². The van der Waals surface area contributed by atoms with Crippen LogP contribution in [-0.2, 0) is 15.3 Å². The molecule has 30 heavy (non-hydrogen) atoms. The summed E-state index contributed by atoms with van der Waals surface area (Å²) in [5, 5.41) is 0. The lowest BCUT2D eigenvalue weighted by molar-refractivity contribution is -0.0688. The monoisotopic (exact) mass is 446 g/mol. The molecule has 0 aromatic heterocycles. The van der Waals surface area contributed by atoms with Crippen LogP contribution < -0.4 is 4.74 Å². The first kappa shape index (κ1) is 22.6. The maximum absolute atomic E-state index is 6.98. The smallest absolute Gasteiger partial charge is 0.184 e. The van der Waals surface area contributed by atoms with Crippen LogP contribution in [0.25, 0.3) is 0 Å². The van der Waals surface area contributed by atoms with E-state index in [-0.39, 0.29) is 5.41 Å². The third kappa shape index (κ3) is 4.19. The Bertz CT molecular complexity index is 782. The summed E-state index contributed by atoms with van der Waals surface area (Å²) >= 11 is 0. The second-order valence-electron chi connectivity index (χ2n) is 12.2. The average molecular weight is 447 g/mol. The van der Waals surface area contributed by atoms with Crippen molar-refractivity contribution < 1.29 is 13.6 Å². The van der Waals surface area contributed by atoms with Crippen molar-refractivity contribution in [3.05, 3.63) is 29.3 Å². The van der Waals surface area contributed by atoms with Gasteiger partial charge in [-0.05, 0) is 112 Å². The molecule has 0 heterocycles. The van der Waals surface area contributed by atoms with E-state index in [4.69, 9.17) is 13.6 Å². The molecule has 2 fully saturated rings. The molecular weight excluding hydrogens is 404 g/mol. The molecule has 3 aliphatic rings. The maximum Gasteiger partial charge on any atom is 0.184 e. The van der Waals surface area contributed by atoms with Crippen molar-refractivity contribution in [2.24, 2.45) is 17.3 Å². The molecule has 0 saturated heterocycles. The van der Waals surface area contributed by atoms with E-state index in [1.165, 1.54) is 36.8 Å². The summed E-state index contributed by atoms with van der Waals surface area (Å²) in [7, 11) is -1.46. The topological polar surface area (TPSA) is 27.7 Å². The highest BCUT2D eigenvalue weighted by atomic mass is 28.4. The molecule has 1 aromatic rings. The molecule has 3 aliphatic carbocycles. The van der Waals surface area contributed by atoms with Crippen LogP contribution in [0.15, 0.2) is 18.2 Å². The predicted molar refractivity (Wildman–Crippen MR) is 129 cm³/mol. The molecule has 168 valence electrons. The van der Waals surface area contributed by atoms with Crippen LogP contribution in [-0.4, -0.2) is 36.0 Å². The number of hydrogen-bond donors (Lipinski definition) is 0.